The Hall–Kier alpha value is -1.39. The maximum atomic E-state index is 5.99. The van der Waals surface area contributed by atoms with Crippen molar-refractivity contribution in [2.45, 2.75) is 25.9 Å². The van der Waals surface area contributed by atoms with Gasteiger partial charge in [-0.25, -0.2) is 9.97 Å². The molecule has 0 amide bonds. The molecule has 0 radical (unpaired) electrons. The van der Waals surface area contributed by atoms with Crippen LogP contribution in [0.25, 0.3) is 10.9 Å². The summed E-state index contributed by atoms with van der Waals surface area (Å²) in [5.74, 6) is 1.34. The lowest BCUT2D eigenvalue weighted by molar-refractivity contribution is 0.0900. The molecule has 0 saturated carbocycles. The summed E-state index contributed by atoms with van der Waals surface area (Å²) in [5, 5.41) is 4.70. The Kier molecular flexibility index (Phi) is 4.03. The highest BCUT2D eigenvalue weighted by Gasteiger charge is 2.26. The number of hydrogen-bond acceptors (Lipinski definition) is 4. The number of para-hydroxylation sites is 1. The maximum absolute atomic E-state index is 5.99. The Morgan fingerprint density at radius 1 is 1.35 bits per heavy atom. The van der Waals surface area contributed by atoms with Gasteiger partial charge in [-0.05, 0) is 36.6 Å². The minimum atomic E-state index is 0.279. The van der Waals surface area contributed by atoms with E-state index >= 15 is 0 Å². The van der Waals surface area contributed by atoms with Crippen LogP contribution < -0.4 is 5.32 Å². The van der Waals surface area contributed by atoms with E-state index in [0.717, 1.165) is 42.7 Å². The molecule has 1 N–H and O–H groups in total. The number of nitrogens with one attached hydrogen (secondary N) is 1. The lowest BCUT2D eigenvalue weighted by atomic mass is 10.00. The number of rotatable bonds is 4. The molecule has 0 spiro atoms. The van der Waals surface area contributed by atoms with Gasteiger partial charge in [0, 0.05) is 24.5 Å². The average molecular weight is 292 g/mol. The summed E-state index contributed by atoms with van der Waals surface area (Å²) in [7, 11) is 0. The highest BCUT2D eigenvalue weighted by atomic mass is 35.5. The van der Waals surface area contributed by atoms with Crippen LogP contribution in [-0.2, 0) is 4.74 Å². The van der Waals surface area contributed by atoms with Crippen molar-refractivity contribution in [2.75, 3.05) is 18.5 Å². The van der Waals surface area contributed by atoms with Crippen LogP contribution in [0.1, 0.15) is 19.8 Å². The molecule has 106 valence electrons. The summed E-state index contributed by atoms with van der Waals surface area (Å²) in [6.07, 6.45) is 2.51. The van der Waals surface area contributed by atoms with Gasteiger partial charge in [-0.1, -0.05) is 19.1 Å². The van der Waals surface area contributed by atoms with Gasteiger partial charge in [0.25, 0.3) is 0 Å². The molecule has 1 aromatic heterocycles. The highest BCUT2D eigenvalue weighted by molar-refractivity contribution is 6.28. The Balaban J connectivity index is 1.80. The first kappa shape index (κ1) is 13.6. The van der Waals surface area contributed by atoms with Gasteiger partial charge in [0.15, 0.2) is 0 Å². The van der Waals surface area contributed by atoms with E-state index in [-0.39, 0.29) is 5.28 Å². The smallest absolute Gasteiger partial charge is 0.224 e. The van der Waals surface area contributed by atoms with E-state index in [0.29, 0.717) is 12.0 Å². The van der Waals surface area contributed by atoms with E-state index in [9.17, 15) is 0 Å². The van der Waals surface area contributed by atoms with Crippen molar-refractivity contribution >= 4 is 28.3 Å². The number of fused-ring (bicyclic) bond motifs is 1. The highest BCUT2D eigenvalue weighted by Crippen LogP contribution is 2.26. The monoisotopic (exact) mass is 291 g/mol. The molecule has 2 unspecified atom stereocenters. The molecule has 0 bridgehead atoms. The Morgan fingerprint density at radius 2 is 2.20 bits per heavy atom. The van der Waals surface area contributed by atoms with Crippen molar-refractivity contribution in [3.05, 3.63) is 29.5 Å². The minimum absolute atomic E-state index is 0.279. The molecule has 2 heterocycles. The largest absolute Gasteiger partial charge is 0.378 e. The second-order valence-corrected chi connectivity index (χ2v) is 5.44. The number of halogens is 1. The third-order valence-electron chi connectivity index (χ3n) is 3.86. The van der Waals surface area contributed by atoms with Gasteiger partial charge in [0.2, 0.25) is 5.28 Å². The molecule has 20 heavy (non-hydrogen) atoms. The molecule has 1 aromatic carbocycles. The second kappa shape index (κ2) is 5.94. The van der Waals surface area contributed by atoms with Crippen LogP contribution in [0.4, 0.5) is 5.82 Å². The van der Waals surface area contributed by atoms with Crippen LogP contribution in [0.3, 0.4) is 0 Å². The molecule has 2 atom stereocenters. The number of ether oxygens (including phenoxy) is 1. The zero-order valence-electron chi connectivity index (χ0n) is 11.5. The van der Waals surface area contributed by atoms with Crippen molar-refractivity contribution in [3.8, 4) is 0 Å². The van der Waals surface area contributed by atoms with E-state index in [1.807, 2.05) is 24.3 Å². The van der Waals surface area contributed by atoms with Crippen molar-refractivity contribution in [2.24, 2.45) is 5.92 Å². The van der Waals surface area contributed by atoms with Crippen molar-refractivity contribution in [1.29, 1.82) is 0 Å². The molecule has 5 heteroatoms. The molecule has 2 aromatic rings. The summed E-state index contributed by atoms with van der Waals surface area (Å²) in [6, 6.07) is 7.89. The number of aromatic nitrogens is 2. The van der Waals surface area contributed by atoms with E-state index in [1.165, 1.54) is 0 Å². The molecule has 1 aliphatic heterocycles. The molecular formula is C15H18ClN3O. The van der Waals surface area contributed by atoms with Crippen molar-refractivity contribution in [3.63, 3.8) is 0 Å². The van der Waals surface area contributed by atoms with Crippen LogP contribution >= 0.6 is 11.6 Å². The fourth-order valence-corrected chi connectivity index (χ4v) is 2.96. The van der Waals surface area contributed by atoms with Crippen molar-refractivity contribution in [1.82, 2.24) is 9.97 Å². The fraction of sp³-hybridized carbons (Fsp3) is 0.467. The third kappa shape index (κ3) is 2.72. The van der Waals surface area contributed by atoms with Gasteiger partial charge >= 0.3 is 0 Å². The Bertz CT molecular complexity index is 605. The van der Waals surface area contributed by atoms with E-state index in [1.54, 1.807) is 0 Å². The lowest BCUT2D eigenvalue weighted by Crippen LogP contribution is -2.23. The minimum Gasteiger partial charge on any atom is -0.378 e. The first-order valence-corrected chi connectivity index (χ1v) is 7.43. The first-order chi connectivity index (χ1) is 9.78. The molecule has 1 fully saturated rings. The topological polar surface area (TPSA) is 47.0 Å². The standard InChI is InChI=1S/C15H18ClN3O/c1-2-13-10(7-8-20-13)9-17-14-11-5-3-4-6-12(11)18-15(16)19-14/h3-6,10,13H,2,7-9H2,1H3,(H,17,18,19). The average Bonchev–Trinajstić information content (AvgIpc) is 2.92. The summed E-state index contributed by atoms with van der Waals surface area (Å²) >= 11 is 5.99. The van der Waals surface area contributed by atoms with E-state index < -0.39 is 0 Å². The van der Waals surface area contributed by atoms with Gasteiger partial charge in [0.1, 0.15) is 5.82 Å². The Morgan fingerprint density at radius 3 is 3.05 bits per heavy atom. The van der Waals surface area contributed by atoms with Crippen LogP contribution in [0.2, 0.25) is 5.28 Å². The van der Waals surface area contributed by atoms with Crippen LogP contribution in [0.15, 0.2) is 24.3 Å². The summed E-state index contributed by atoms with van der Waals surface area (Å²) in [5.41, 5.74) is 0.865. The van der Waals surface area contributed by atoms with Gasteiger partial charge in [-0.15, -0.1) is 0 Å². The SMILES string of the molecule is CCC1OCCC1CNc1nc(Cl)nc2ccccc12. The summed E-state index contributed by atoms with van der Waals surface area (Å²) in [6.45, 7) is 3.88. The molecule has 4 nitrogen and oxygen atoms in total. The number of benzene rings is 1. The van der Waals surface area contributed by atoms with Gasteiger partial charge in [-0.3, -0.25) is 0 Å². The van der Waals surface area contributed by atoms with Gasteiger partial charge < -0.3 is 10.1 Å². The predicted molar refractivity (Wildman–Crippen MR) is 81.2 cm³/mol. The van der Waals surface area contributed by atoms with Crippen LogP contribution in [0, 0.1) is 5.92 Å². The zero-order chi connectivity index (χ0) is 13.9. The van der Waals surface area contributed by atoms with Crippen molar-refractivity contribution < 1.29 is 4.74 Å². The quantitative estimate of drug-likeness (QED) is 0.876. The number of nitrogens with zero attached hydrogens (tertiary/aromatic N) is 2. The zero-order valence-corrected chi connectivity index (χ0v) is 12.2. The molecule has 3 rings (SSSR count). The fourth-order valence-electron chi connectivity index (χ4n) is 2.79. The van der Waals surface area contributed by atoms with E-state index in [2.05, 4.69) is 22.2 Å². The van der Waals surface area contributed by atoms with Crippen LogP contribution in [-0.4, -0.2) is 29.2 Å². The van der Waals surface area contributed by atoms with E-state index in [4.69, 9.17) is 16.3 Å². The molecule has 0 aliphatic carbocycles. The molecular weight excluding hydrogens is 274 g/mol. The predicted octanol–water partition coefficient (Wildman–Crippen LogP) is 3.51. The van der Waals surface area contributed by atoms with Gasteiger partial charge in [-0.2, -0.15) is 0 Å². The first-order valence-electron chi connectivity index (χ1n) is 7.05. The lowest BCUT2D eigenvalue weighted by Gasteiger charge is -2.18. The Labute approximate surface area is 123 Å². The summed E-state index contributed by atoms with van der Waals surface area (Å²) in [4.78, 5) is 8.55. The normalized spacial score (nSPS) is 22.3. The van der Waals surface area contributed by atoms with Crippen LogP contribution in [0.5, 0.6) is 0 Å². The maximum Gasteiger partial charge on any atom is 0.224 e. The molecule has 1 saturated heterocycles. The summed E-state index contributed by atoms with van der Waals surface area (Å²) < 4.78 is 5.72. The second-order valence-electron chi connectivity index (χ2n) is 5.11. The number of anilines is 1. The van der Waals surface area contributed by atoms with Gasteiger partial charge in [0.05, 0.1) is 11.6 Å². The third-order valence-corrected chi connectivity index (χ3v) is 4.03. The molecule has 1 aliphatic rings. The number of hydrogen-bond donors (Lipinski definition) is 1.